The Kier molecular flexibility index (Phi) is 5.59. The lowest BCUT2D eigenvalue weighted by Crippen LogP contribution is -2.36. The fourth-order valence-corrected chi connectivity index (χ4v) is 4.38. The van der Waals surface area contributed by atoms with Crippen LogP contribution in [0.5, 0.6) is 0 Å². The first-order chi connectivity index (χ1) is 17.3. The van der Waals surface area contributed by atoms with Crippen LogP contribution in [-0.2, 0) is 16.6 Å². The number of hydrogen-bond acceptors (Lipinski definition) is 5. The summed E-state index contributed by atoms with van der Waals surface area (Å²) in [4.78, 5) is 41.2. The maximum atomic E-state index is 13.6. The smallest absolute Gasteiger partial charge is 0.309 e. The van der Waals surface area contributed by atoms with E-state index >= 15 is 0 Å². The molecule has 1 atom stereocenters. The molecular formula is C23H16ClF5N6O2. The van der Waals surface area contributed by atoms with Gasteiger partial charge in [-0.1, -0.05) is 23.7 Å². The number of imidazole rings is 1. The molecule has 0 radical (unpaired) electrons. The van der Waals surface area contributed by atoms with Crippen LogP contribution < -0.4 is 10.9 Å². The van der Waals surface area contributed by atoms with Gasteiger partial charge < -0.3 is 14.7 Å². The van der Waals surface area contributed by atoms with Crippen molar-refractivity contribution >= 4 is 29.0 Å². The molecule has 8 nitrogen and oxygen atoms in total. The Morgan fingerprint density at radius 1 is 1.08 bits per heavy atom. The number of H-pyrrole nitrogens is 1. The van der Waals surface area contributed by atoms with E-state index in [1.54, 1.807) is 31.2 Å². The first-order valence-electron chi connectivity index (χ1n) is 10.8. The number of carbonyl (C=O) groups excluding carboxylic acids is 1. The van der Waals surface area contributed by atoms with Crippen molar-refractivity contribution in [3.05, 3.63) is 75.1 Å². The van der Waals surface area contributed by atoms with Gasteiger partial charge in [0, 0.05) is 30.0 Å². The van der Waals surface area contributed by atoms with E-state index in [1.165, 1.54) is 23.0 Å². The second kappa shape index (κ2) is 8.33. The highest BCUT2D eigenvalue weighted by molar-refractivity contribution is 6.30. The molecule has 1 unspecified atom stereocenters. The summed E-state index contributed by atoms with van der Waals surface area (Å²) in [5.74, 6) is -5.58. The summed E-state index contributed by atoms with van der Waals surface area (Å²) in [6.45, 7) is 1.56. The molecule has 0 fully saturated rings. The largest absolute Gasteiger partial charge is 0.453 e. The molecule has 0 spiro atoms. The van der Waals surface area contributed by atoms with E-state index in [2.05, 4.69) is 25.3 Å². The molecule has 37 heavy (non-hydrogen) atoms. The van der Waals surface area contributed by atoms with Crippen molar-refractivity contribution < 1.29 is 26.7 Å². The molecule has 1 amide bonds. The molecule has 4 heterocycles. The number of rotatable bonds is 5. The Balaban J connectivity index is 1.57. The molecule has 0 aliphatic carbocycles. The lowest BCUT2D eigenvalue weighted by atomic mass is 9.78. The summed E-state index contributed by atoms with van der Waals surface area (Å²) in [7, 11) is 0. The van der Waals surface area contributed by atoms with Crippen molar-refractivity contribution in [1.29, 1.82) is 0 Å². The van der Waals surface area contributed by atoms with Crippen LogP contribution in [0.25, 0.3) is 17.2 Å². The summed E-state index contributed by atoms with van der Waals surface area (Å²) >= 11 is 5.94. The van der Waals surface area contributed by atoms with Crippen LogP contribution in [0.1, 0.15) is 30.2 Å². The number of carbonyl (C=O) groups is 1. The Hall–Kier alpha value is -3.87. The predicted octanol–water partition coefficient (Wildman–Crippen LogP) is 4.52. The Labute approximate surface area is 209 Å². The summed E-state index contributed by atoms with van der Waals surface area (Å²) in [5.41, 5.74) is -1.58. The summed E-state index contributed by atoms with van der Waals surface area (Å²) in [6.07, 6.45) is -3.86. The van der Waals surface area contributed by atoms with E-state index in [0.29, 0.717) is 10.6 Å². The lowest BCUT2D eigenvalue weighted by Gasteiger charge is -2.21. The van der Waals surface area contributed by atoms with Crippen LogP contribution in [-0.4, -0.2) is 42.3 Å². The fraction of sp³-hybridized carbons (Fsp3) is 0.261. The van der Waals surface area contributed by atoms with Crippen molar-refractivity contribution in [1.82, 2.24) is 24.3 Å². The van der Waals surface area contributed by atoms with Gasteiger partial charge in [0.15, 0.2) is 11.5 Å². The second-order valence-electron chi connectivity index (χ2n) is 8.66. The van der Waals surface area contributed by atoms with Crippen molar-refractivity contribution in [3.63, 3.8) is 0 Å². The van der Waals surface area contributed by atoms with Gasteiger partial charge in [0.1, 0.15) is 16.9 Å². The van der Waals surface area contributed by atoms with Crippen LogP contribution in [0.15, 0.2) is 47.7 Å². The highest BCUT2D eigenvalue weighted by atomic mass is 35.5. The van der Waals surface area contributed by atoms with Crippen molar-refractivity contribution in [3.8, 4) is 11.5 Å². The molecule has 3 aromatic heterocycles. The number of nitrogens with zero attached hydrogens (tertiary/aromatic N) is 4. The van der Waals surface area contributed by atoms with E-state index in [4.69, 9.17) is 11.6 Å². The fourth-order valence-electron chi connectivity index (χ4n) is 4.25. The minimum Gasteiger partial charge on any atom is -0.309 e. The number of amides is 1. The Bertz CT molecular complexity index is 1600. The minimum atomic E-state index is -5.71. The Morgan fingerprint density at radius 2 is 1.78 bits per heavy atom. The number of halogens is 6. The third-order valence-electron chi connectivity index (χ3n) is 6.30. The summed E-state index contributed by atoms with van der Waals surface area (Å²) < 4.78 is 66.5. The maximum absolute atomic E-state index is 13.6. The third-order valence-corrected chi connectivity index (χ3v) is 6.56. The first-order valence-corrected chi connectivity index (χ1v) is 11.2. The van der Waals surface area contributed by atoms with Gasteiger partial charge >= 0.3 is 12.1 Å². The normalized spacial score (nSPS) is 17.8. The van der Waals surface area contributed by atoms with Crippen LogP contribution in [0.4, 0.5) is 27.8 Å². The number of anilines is 1. The molecule has 0 saturated heterocycles. The minimum absolute atomic E-state index is 0.0231. The van der Waals surface area contributed by atoms with Gasteiger partial charge in [-0.05, 0) is 31.0 Å². The van der Waals surface area contributed by atoms with E-state index in [-0.39, 0.29) is 34.2 Å². The van der Waals surface area contributed by atoms with Crippen LogP contribution in [0, 0.1) is 0 Å². The zero-order valence-electron chi connectivity index (χ0n) is 18.8. The number of hydrogen-bond donors (Lipinski definition) is 2. The molecule has 0 bridgehead atoms. The molecule has 1 aliphatic heterocycles. The maximum Gasteiger partial charge on any atom is 0.453 e. The highest BCUT2D eigenvalue weighted by Gasteiger charge is 2.56. The standard InChI is InChI=1S/C23H16ClF5N6O2/c1-21(11-2-4-12(24)5-3-11)15-17(34-20(21)37)32-16(33-19(15)36)14-10-35-9-8-30-18(35)13(31-14)6-7-22(25,26)23(27,28)29/h2-5,8-10H,6-7H2,1H3,(H2,32,33,34,36,37). The van der Waals surface area contributed by atoms with Gasteiger partial charge in [-0.15, -0.1) is 0 Å². The van der Waals surface area contributed by atoms with Crippen molar-refractivity contribution in [2.45, 2.75) is 37.3 Å². The molecule has 0 saturated carbocycles. The molecule has 2 N–H and O–H groups in total. The number of fused-ring (bicyclic) bond motifs is 2. The summed E-state index contributed by atoms with van der Waals surface area (Å²) in [5, 5.41) is 3.03. The third kappa shape index (κ3) is 4.02. The van der Waals surface area contributed by atoms with Gasteiger partial charge in [-0.2, -0.15) is 22.0 Å². The quantitative estimate of drug-likeness (QED) is 0.364. The van der Waals surface area contributed by atoms with Crippen LogP contribution in [0.2, 0.25) is 5.02 Å². The van der Waals surface area contributed by atoms with Gasteiger partial charge in [0.25, 0.3) is 5.56 Å². The van der Waals surface area contributed by atoms with Gasteiger partial charge in [-0.3, -0.25) is 9.59 Å². The van der Waals surface area contributed by atoms with Crippen molar-refractivity contribution in [2.24, 2.45) is 0 Å². The predicted molar refractivity (Wildman–Crippen MR) is 123 cm³/mol. The number of benzene rings is 1. The summed E-state index contributed by atoms with van der Waals surface area (Å²) in [6, 6.07) is 6.39. The lowest BCUT2D eigenvalue weighted by molar-refractivity contribution is -0.284. The number of nitrogens with one attached hydrogen (secondary N) is 2. The first kappa shape index (κ1) is 24.8. The van der Waals surface area contributed by atoms with Gasteiger partial charge in [0.05, 0.1) is 11.3 Å². The van der Waals surface area contributed by atoms with E-state index < -0.39 is 41.8 Å². The van der Waals surface area contributed by atoms with E-state index in [0.717, 1.165) is 0 Å². The number of aromatic amines is 1. The molecule has 5 rings (SSSR count). The zero-order valence-corrected chi connectivity index (χ0v) is 19.6. The molecule has 192 valence electrons. The second-order valence-corrected chi connectivity index (χ2v) is 9.09. The zero-order chi connectivity index (χ0) is 26.8. The number of alkyl halides is 5. The van der Waals surface area contributed by atoms with E-state index in [9.17, 15) is 31.5 Å². The van der Waals surface area contributed by atoms with Gasteiger partial charge in [0.2, 0.25) is 5.91 Å². The molecule has 4 aromatic rings. The van der Waals surface area contributed by atoms with Crippen LogP contribution >= 0.6 is 11.6 Å². The molecular weight excluding hydrogens is 523 g/mol. The Morgan fingerprint density at radius 3 is 2.46 bits per heavy atom. The van der Waals surface area contributed by atoms with Gasteiger partial charge in [-0.25, -0.2) is 15.0 Å². The average Bonchev–Trinajstić information content (AvgIpc) is 3.40. The highest BCUT2D eigenvalue weighted by Crippen LogP contribution is 2.41. The average molecular weight is 539 g/mol. The molecule has 14 heteroatoms. The van der Waals surface area contributed by atoms with Crippen LogP contribution in [0.3, 0.4) is 0 Å². The topological polar surface area (TPSA) is 105 Å². The van der Waals surface area contributed by atoms with E-state index in [1.807, 2.05) is 0 Å². The van der Waals surface area contributed by atoms with Crippen molar-refractivity contribution in [2.75, 3.05) is 5.32 Å². The molecule has 1 aliphatic rings. The SMILES string of the molecule is CC1(c2ccc(Cl)cc2)C(=O)Nc2nc(-c3cn4ccnc4c(CCC(F)(F)C(F)(F)F)n3)[nH]c(=O)c21. The monoisotopic (exact) mass is 538 g/mol. The number of aromatic nitrogens is 5. The number of aryl methyl sites for hydroxylation is 1. The molecule has 1 aromatic carbocycles.